The average Bonchev–Trinajstić information content (AvgIpc) is 1.40. The van der Waals surface area contributed by atoms with E-state index < -0.39 is 11.9 Å². The van der Waals surface area contributed by atoms with Crippen LogP contribution in [-0.2, 0) is 51.3 Å². The van der Waals surface area contributed by atoms with E-state index in [1.54, 1.807) is 43.2 Å². The normalized spacial score (nSPS) is 29.4. The lowest BCUT2D eigenvalue weighted by atomic mass is 9.47. The van der Waals surface area contributed by atoms with Crippen molar-refractivity contribution >= 4 is 90.0 Å². The summed E-state index contributed by atoms with van der Waals surface area (Å²) in [6.07, 6.45) is 34.0. The zero-order valence-corrected chi connectivity index (χ0v) is 61.3. The molecule has 0 aliphatic heterocycles. The van der Waals surface area contributed by atoms with E-state index in [2.05, 4.69) is 86.2 Å². The number of allylic oxidation sites excluding steroid dienone is 6. The van der Waals surface area contributed by atoms with E-state index in [-0.39, 0.29) is 107 Å². The van der Waals surface area contributed by atoms with Gasteiger partial charge in [0.2, 0.25) is 11.8 Å². The number of carbonyl (C=O) groups is 6. The van der Waals surface area contributed by atoms with Crippen molar-refractivity contribution in [3.63, 3.8) is 0 Å². The van der Waals surface area contributed by atoms with E-state index in [0.29, 0.717) is 59.9 Å². The van der Waals surface area contributed by atoms with Crippen molar-refractivity contribution in [2.45, 2.75) is 193 Å². The summed E-state index contributed by atoms with van der Waals surface area (Å²) in [6, 6.07) is 27.4. The Kier molecular flexibility index (Phi) is 24.4. The number of hydrogen-bond donors (Lipinski definition) is 2. The number of fused-ring (bicyclic) bond motifs is 10. The molecule has 2 aromatic heterocycles. The number of esters is 2. The molecule has 12 rings (SSSR count). The number of ether oxygens (including phenoxy) is 2. The Morgan fingerprint density at radius 1 is 0.510 bits per heavy atom. The smallest absolute Gasteiger partial charge is 0.323 e. The largest absolute Gasteiger partial charge is 0.480 e. The summed E-state index contributed by atoms with van der Waals surface area (Å²) in [5, 5.41) is 18.7. The lowest BCUT2D eigenvalue weighted by Gasteiger charge is -2.57. The van der Waals surface area contributed by atoms with E-state index in [4.69, 9.17) is 9.47 Å². The minimum absolute atomic E-state index is 0.0451. The van der Waals surface area contributed by atoms with Crippen LogP contribution in [0, 0.1) is 57.2 Å². The Hall–Kier alpha value is -6.08. The van der Waals surface area contributed by atoms with Gasteiger partial charge in [0.25, 0.3) is 0 Å². The fourth-order valence-corrected chi connectivity index (χ4v) is 23.3. The van der Waals surface area contributed by atoms with Gasteiger partial charge in [-0.3, -0.25) is 38.7 Å². The molecule has 14 nitrogen and oxygen atoms in total. The van der Waals surface area contributed by atoms with Gasteiger partial charge < -0.3 is 29.5 Å². The molecule has 2 N–H and O–H groups in total. The maximum absolute atomic E-state index is 13.0. The van der Waals surface area contributed by atoms with E-state index in [0.717, 1.165) is 75.3 Å². The van der Waals surface area contributed by atoms with Gasteiger partial charge in [-0.1, -0.05) is 193 Å². The van der Waals surface area contributed by atoms with Crippen molar-refractivity contribution < 1.29 is 48.5 Å². The molecule has 8 aliphatic carbocycles. The van der Waals surface area contributed by atoms with Gasteiger partial charge in [-0.15, -0.1) is 0 Å². The maximum atomic E-state index is 13.0. The van der Waals surface area contributed by atoms with Crippen LogP contribution < -0.4 is 0 Å². The molecule has 2 aromatic carbocycles. The number of benzene rings is 2. The molecule has 14 atom stereocenters. The van der Waals surface area contributed by atoms with Crippen LogP contribution in [0.2, 0.25) is 0 Å². The average molecular weight is 1410 g/mol. The van der Waals surface area contributed by atoms with Gasteiger partial charge in [0.1, 0.15) is 25.3 Å². The monoisotopic (exact) mass is 1400 g/mol. The minimum Gasteiger partial charge on any atom is -0.480 e. The minimum atomic E-state index is -1.02. The second-order valence-corrected chi connectivity index (χ2v) is 35.8. The van der Waals surface area contributed by atoms with Crippen molar-refractivity contribution in [2.24, 2.45) is 57.2 Å². The van der Waals surface area contributed by atoms with Gasteiger partial charge in [-0.05, 0) is 180 Å². The molecule has 2 heterocycles. The molecule has 0 unspecified atom stereocenters. The van der Waals surface area contributed by atoms with E-state index in [9.17, 15) is 39.0 Å². The van der Waals surface area contributed by atoms with Crippen molar-refractivity contribution in [3.05, 3.63) is 167 Å². The molecule has 0 saturated heterocycles. The first-order valence-corrected chi connectivity index (χ1v) is 40.5. The summed E-state index contributed by atoms with van der Waals surface area (Å²) in [7, 11) is 6.26. The molecule has 4 aromatic rings. The highest BCUT2D eigenvalue weighted by Crippen LogP contribution is 2.68. The second kappa shape index (κ2) is 32.7. The summed E-state index contributed by atoms with van der Waals surface area (Å²) >= 11 is 0. The zero-order chi connectivity index (χ0) is 69.2. The van der Waals surface area contributed by atoms with E-state index in [1.807, 2.05) is 99.3 Å². The third kappa shape index (κ3) is 17.1. The van der Waals surface area contributed by atoms with Gasteiger partial charge >= 0.3 is 23.9 Å². The second-order valence-electron chi connectivity index (χ2n) is 30.0. The van der Waals surface area contributed by atoms with Gasteiger partial charge in [-0.25, -0.2) is 0 Å². The van der Waals surface area contributed by atoms with Crippen molar-refractivity contribution in [3.8, 4) is 0 Å². The summed E-state index contributed by atoms with van der Waals surface area (Å²) in [6.45, 7) is 13.9. The zero-order valence-electron chi connectivity index (χ0n) is 58.0. The molecule has 0 spiro atoms. The molecule has 0 bridgehead atoms. The van der Waals surface area contributed by atoms with Crippen molar-refractivity contribution in [1.29, 1.82) is 0 Å². The molecule has 4 saturated carbocycles. The van der Waals surface area contributed by atoms with Crippen LogP contribution in [0.3, 0.4) is 0 Å². The van der Waals surface area contributed by atoms with Crippen LogP contribution in [0.4, 0.5) is 0 Å². The number of aromatic nitrogens is 2. The number of hydrogen-bond acceptors (Lipinski definition) is 14. The lowest BCUT2D eigenvalue weighted by Crippen LogP contribution is -2.50. The number of nitrogens with zero attached hydrogens (tertiary/aromatic N) is 4. The molecule has 524 valence electrons. The van der Waals surface area contributed by atoms with Gasteiger partial charge in [0.15, 0.2) is 0 Å². The summed E-state index contributed by atoms with van der Waals surface area (Å²) in [4.78, 5) is 86.0. The summed E-state index contributed by atoms with van der Waals surface area (Å²) in [5.74, 6) is 2.44. The quantitative estimate of drug-likeness (QED) is 0.0261. The Morgan fingerprint density at radius 3 is 1.29 bits per heavy atom. The van der Waals surface area contributed by atoms with Crippen LogP contribution in [0.25, 0.3) is 11.1 Å². The highest BCUT2D eigenvalue weighted by molar-refractivity contribution is 8.77. The van der Waals surface area contributed by atoms with Crippen LogP contribution in [0.15, 0.2) is 145 Å². The SMILES string of the molecule is C[C@@H](CC(=O)O[C@H]1CC[C@@]2(C)C(=CC[C@@H]3[C@@H]2CC[C@]2(C)C(c4cccnc4)=CC[C@@H]32)C1)SSCCC(=O)N(CC(=O)O)Cc1ccccc1.C[C@H](CC(=O)O[C@H]1CC[C@@]2(C)C(=CC[C@@H]3[C@@H]2CC[C@]2(C)C(c4cccnc4)=CC[C@@H]32)C1)SSCCC(=O)N(CC(=O)O)Cc1ccccc1. The molecular formula is C80H100N4O10S4. The number of rotatable bonds is 26. The van der Waals surface area contributed by atoms with Crippen molar-refractivity contribution in [2.75, 3.05) is 24.6 Å². The molecule has 18 heteroatoms. The van der Waals surface area contributed by atoms with E-state index >= 15 is 0 Å². The Morgan fingerprint density at radius 2 is 0.908 bits per heavy atom. The molecule has 98 heavy (non-hydrogen) atoms. The van der Waals surface area contributed by atoms with Crippen LogP contribution in [-0.4, -0.2) is 113 Å². The van der Waals surface area contributed by atoms with E-state index in [1.165, 1.54) is 68.9 Å². The van der Waals surface area contributed by atoms with Crippen LogP contribution in [0.1, 0.15) is 179 Å². The molecular weight excluding hydrogens is 1310 g/mol. The first kappa shape index (κ1) is 73.1. The van der Waals surface area contributed by atoms with Gasteiger partial charge in [-0.2, -0.15) is 0 Å². The molecule has 0 radical (unpaired) electrons. The Balaban J connectivity index is 0.000000198. The fraction of sp³-hybridized carbons (Fsp3) is 0.550. The Bertz CT molecular complexity index is 3360. The number of carboxylic acid groups (broad SMARTS) is 2. The third-order valence-corrected chi connectivity index (χ3v) is 29.6. The third-order valence-electron chi connectivity index (χ3n) is 23.8. The molecule has 2 amide bonds. The van der Waals surface area contributed by atoms with Crippen LogP contribution >= 0.6 is 43.2 Å². The standard InChI is InChI=1S/2C40H50N2O5S2/c2*1-27(49-48-21-17-36(43)42(26-37(44)45)25-28-8-5-4-6-9-28)22-38(46)47-31-15-18-39(2)30(23-31)11-12-32-34-14-13-33(29-10-7-20-41-24-29)40(34,3)19-16-35(32)39/h2*4-11,13,20,24,27,31-32,34-35H,12,14-19,21-23,25-26H2,1-3H3,(H,44,45)/t27-,31+,32+,34+,35+,39+,40-;27-,31-,32-,34-,35-,39-,40+/m10/s1. The lowest BCUT2D eigenvalue weighted by molar-refractivity contribution is -0.152. The molecule has 4 fully saturated rings. The Labute approximate surface area is 596 Å². The fourth-order valence-electron chi connectivity index (χ4n) is 18.8. The summed E-state index contributed by atoms with van der Waals surface area (Å²) in [5.41, 5.74) is 11.2. The summed E-state index contributed by atoms with van der Waals surface area (Å²) < 4.78 is 12.2. The maximum Gasteiger partial charge on any atom is 0.323 e. The number of pyridine rings is 2. The van der Waals surface area contributed by atoms with Gasteiger partial charge in [0, 0.05) is 85.6 Å². The first-order chi connectivity index (χ1) is 47.1. The first-order valence-electron chi connectivity index (χ1n) is 35.8. The molecule has 8 aliphatic rings. The number of aliphatic carboxylic acids is 2. The topological polar surface area (TPSA) is 194 Å². The predicted octanol–water partition coefficient (Wildman–Crippen LogP) is 17.2. The van der Waals surface area contributed by atoms with Gasteiger partial charge in [0.05, 0.1) is 12.8 Å². The van der Waals surface area contributed by atoms with Crippen molar-refractivity contribution in [1.82, 2.24) is 19.8 Å². The predicted molar refractivity (Wildman–Crippen MR) is 395 cm³/mol. The number of amides is 2. The highest BCUT2D eigenvalue weighted by Gasteiger charge is 2.59. The highest BCUT2D eigenvalue weighted by atomic mass is 33.1. The number of carbonyl (C=O) groups excluding carboxylic acids is 4. The number of carboxylic acids is 2. The van der Waals surface area contributed by atoms with Crippen LogP contribution in [0.5, 0.6) is 0 Å².